The number of carbonyl (C=O) groups is 1. The van der Waals surface area contributed by atoms with E-state index >= 15 is 0 Å². The number of piperazine rings is 1. The van der Waals surface area contributed by atoms with Crippen LogP contribution in [0.3, 0.4) is 0 Å². The minimum Gasteiger partial charge on any atom is -0.336 e. The summed E-state index contributed by atoms with van der Waals surface area (Å²) in [6, 6.07) is 7.29. The van der Waals surface area contributed by atoms with Gasteiger partial charge in [-0.15, -0.1) is 0 Å². The smallest absolute Gasteiger partial charge is 0.275 e. The number of sulfonamides is 1. The van der Waals surface area contributed by atoms with Crippen molar-refractivity contribution in [1.29, 1.82) is 0 Å². The Morgan fingerprint density at radius 3 is 2.28 bits per heavy atom. The molecule has 1 saturated heterocycles. The highest BCUT2D eigenvalue weighted by atomic mass is 35.5. The van der Waals surface area contributed by atoms with Crippen LogP contribution < -0.4 is 0 Å². The molecule has 8 nitrogen and oxygen atoms in total. The molecule has 0 aromatic heterocycles. The lowest BCUT2D eigenvalue weighted by Crippen LogP contribution is -2.50. The zero-order valence-electron chi connectivity index (χ0n) is 15.3. The molecule has 0 spiro atoms. The average molecular weight is 442 g/mol. The Morgan fingerprint density at radius 2 is 1.72 bits per heavy atom. The van der Waals surface area contributed by atoms with Gasteiger partial charge in [-0.1, -0.05) is 11.6 Å². The van der Waals surface area contributed by atoms with Crippen molar-refractivity contribution < 1.29 is 22.5 Å². The maximum Gasteiger partial charge on any atom is 0.275 e. The summed E-state index contributed by atoms with van der Waals surface area (Å²) in [4.78, 5) is 24.2. The number of nitrogens with zero attached hydrogens (tertiary/aromatic N) is 3. The molecule has 1 aliphatic heterocycles. The van der Waals surface area contributed by atoms with Crippen LogP contribution in [0.1, 0.15) is 15.9 Å². The molecule has 1 amide bonds. The van der Waals surface area contributed by atoms with Crippen LogP contribution in [0.2, 0.25) is 5.02 Å². The predicted octanol–water partition coefficient (Wildman–Crippen LogP) is 2.84. The molecule has 0 bridgehead atoms. The van der Waals surface area contributed by atoms with Crippen LogP contribution in [0, 0.1) is 22.9 Å². The lowest BCUT2D eigenvalue weighted by Gasteiger charge is -2.34. The van der Waals surface area contributed by atoms with Gasteiger partial charge in [-0.25, -0.2) is 12.8 Å². The van der Waals surface area contributed by atoms with Crippen molar-refractivity contribution in [3.63, 3.8) is 0 Å². The molecule has 0 unspecified atom stereocenters. The Bertz CT molecular complexity index is 1070. The summed E-state index contributed by atoms with van der Waals surface area (Å²) in [5.74, 6) is -0.778. The van der Waals surface area contributed by atoms with Gasteiger partial charge in [-0.05, 0) is 37.3 Å². The minimum atomic E-state index is -4.02. The van der Waals surface area contributed by atoms with Crippen LogP contribution in [-0.2, 0) is 10.0 Å². The van der Waals surface area contributed by atoms with Crippen molar-refractivity contribution in [1.82, 2.24) is 9.21 Å². The number of nitro groups is 1. The number of hydrogen-bond acceptors (Lipinski definition) is 5. The summed E-state index contributed by atoms with van der Waals surface area (Å²) >= 11 is 5.98. The van der Waals surface area contributed by atoms with E-state index in [1.54, 1.807) is 0 Å². The molecular formula is C18H17ClFN3O5S. The van der Waals surface area contributed by atoms with Gasteiger partial charge in [-0.3, -0.25) is 14.9 Å². The Labute approximate surface area is 171 Å². The third-order valence-corrected chi connectivity index (χ3v) is 7.01. The van der Waals surface area contributed by atoms with E-state index in [1.807, 2.05) is 0 Å². The topological polar surface area (TPSA) is 101 Å². The van der Waals surface area contributed by atoms with E-state index in [0.717, 1.165) is 10.4 Å². The number of amides is 1. The van der Waals surface area contributed by atoms with Gasteiger partial charge in [0.05, 0.1) is 14.8 Å². The van der Waals surface area contributed by atoms with Gasteiger partial charge in [0.15, 0.2) is 0 Å². The van der Waals surface area contributed by atoms with Crippen molar-refractivity contribution in [3.05, 3.63) is 68.5 Å². The highest BCUT2D eigenvalue weighted by molar-refractivity contribution is 7.89. The summed E-state index contributed by atoms with van der Waals surface area (Å²) in [7, 11) is -4.02. The molecule has 0 aliphatic carbocycles. The second-order valence-corrected chi connectivity index (χ2v) is 8.85. The highest BCUT2D eigenvalue weighted by Crippen LogP contribution is 2.31. The Hall–Kier alpha value is -2.56. The maximum absolute atomic E-state index is 13.0. The third-order valence-electron chi connectivity index (χ3n) is 4.74. The molecule has 3 rings (SSSR count). The number of rotatable bonds is 4. The van der Waals surface area contributed by atoms with Crippen LogP contribution in [0.5, 0.6) is 0 Å². The van der Waals surface area contributed by atoms with Crippen LogP contribution >= 0.6 is 11.6 Å². The molecule has 0 radical (unpaired) electrons. The second-order valence-electron chi connectivity index (χ2n) is 6.51. The zero-order chi connectivity index (χ0) is 21.3. The number of halogens is 2. The van der Waals surface area contributed by atoms with Gasteiger partial charge in [0, 0.05) is 43.4 Å². The Balaban J connectivity index is 1.77. The summed E-state index contributed by atoms with van der Waals surface area (Å²) in [6.07, 6.45) is 0. The molecule has 154 valence electrons. The summed E-state index contributed by atoms with van der Waals surface area (Å²) in [5.41, 5.74) is 0.121. The van der Waals surface area contributed by atoms with Gasteiger partial charge in [0.1, 0.15) is 5.82 Å². The van der Waals surface area contributed by atoms with E-state index in [-0.39, 0.29) is 53.3 Å². The van der Waals surface area contributed by atoms with Crippen molar-refractivity contribution >= 4 is 33.2 Å². The number of carbonyl (C=O) groups excluding carboxylic acids is 1. The zero-order valence-corrected chi connectivity index (χ0v) is 16.9. The molecule has 0 N–H and O–H groups in total. The van der Waals surface area contributed by atoms with E-state index in [9.17, 15) is 27.7 Å². The fourth-order valence-electron chi connectivity index (χ4n) is 3.03. The fraction of sp³-hybridized carbons (Fsp3) is 0.278. The lowest BCUT2D eigenvalue weighted by molar-refractivity contribution is -0.385. The SMILES string of the molecule is Cc1c(Cl)cc(S(=O)(=O)N2CCN(C(=O)c3ccc(F)cc3)CC2)cc1[N+](=O)[O-]. The quantitative estimate of drug-likeness (QED) is 0.536. The molecule has 29 heavy (non-hydrogen) atoms. The van der Waals surface area contributed by atoms with Gasteiger partial charge in [0.2, 0.25) is 10.0 Å². The van der Waals surface area contributed by atoms with Crippen molar-refractivity contribution in [3.8, 4) is 0 Å². The van der Waals surface area contributed by atoms with Gasteiger partial charge in [-0.2, -0.15) is 4.31 Å². The molecule has 2 aromatic rings. The number of nitro benzene ring substituents is 1. The van der Waals surface area contributed by atoms with E-state index in [4.69, 9.17) is 11.6 Å². The molecule has 1 aliphatic rings. The normalized spacial score (nSPS) is 15.3. The molecule has 11 heteroatoms. The van der Waals surface area contributed by atoms with Crippen molar-refractivity contribution in [2.45, 2.75) is 11.8 Å². The first-order valence-corrected chi connectivity index (χ1v) is 10.4. The van der Waals surface area contributed by atoms with Gasteiger partial charge < -0.3 is 4.90 Å². The third kappa shape index (κ3) is 4.24. The summed E-state index contributed by atoms with van der Waals surface area (Å²) in [5, 5.41) is 11.2. The van der Waals surface area contributed by atoms with Crippen LogP contribution in [0.4, 0.5) is 10.1 Å². The number of hydrogen-bond donors (Lipinski definition) is 0. The minimum absolute atomic E-state index is 0.0112. The first-order chi connectivity index (χ1) is 13.6. The maximum atomic E-state index is 13.0. The lowest BCUT2D eigenvalue weighted by atomic mass is 10.2. The van der Waals surface area contributed by atoms with Crippen molar-refractivity contribution in [2.24, 2.45) is 0 Å². The highest BCUT2D eigenvalue weighted by Gasteiger charge is 2.32. The Kier molecular flexibility index (Phi) is 5.87. The first kappa shape index (κ1) is 21.2. The van der Waals surface area contributed by atoms with E-state index < -0.39 is 20.8 Å². The summed E-state index contributed by atoms with van der Waals surface area (Å²) in [6.45, 7) is 1.76. The molecule has 1 fully saturated rings. The fourth-order valence-corrected chi connectivity index (χ4v) is 4.78. The number of benzene rings is 2. The van der Waals surface area contributed by atoms with Crippen LogP contribution in [0.25, 0.3) is 0 Å². The molecule has 2 aromatic carbocycles. The predicted molar refractivity (Wildman–Crippen MR) is 104 cm³/mol. The summed E-state index contributed by atoms with van der Waals surface area (Å²) < 4.78 is 40.0. The standard InChI is InChI=1S/C18H17ClFN3O5S/c1-12-16(19)10-15(11-17(12)23(25)26)29(27,28)22-8-6-21(7-9-22)18(24)13-2-4-14(20)5-3-13/h2-5,10-11H,6-9H2,1H3. The second kappa shape index (κ2) is 8.05. The molecule has 0 atom stereocenters. The molecule has 0 saturated carbocycles. The monoisotopic (exact) mass is 441 g/mol. The van der Waals surface area contributed by atoms with Crippen LogP contribution in [-0.4, -0.2) is 54.6 Å². The van der Waals surface area contributed by atoms with Gasteiger partial charge in [0.25, 0.3) is 11.6 Å². The average Bonchev–Trinajstić information content (AvgIpc) is 2.69. The van der Waals surface area contributed by atoms with Crippen LogP contribution in [0.15, 0.2) is 41.3 Å². The Morgan fingerprint density at radius 1 is 1.14 bits per heavy atom. The molecular weight excluding hydrogens is 425 g/mol. The van der Waals surface area contributed by atoms with Crippen molar-refractivity contribution in [2.75, 3.05) is 26.2 Å². The molecule has 1 heterocycles. The van der Waals surface area contributed by atoms with E-state index in [2.05, 4.69) is 0 Å². The van der Waals surface area contributed by atoms with E-state index in [0.29, 0.717) is 5.56 Å². The van der Waals surface area contributed by atoms with Gasteiger partial charge >= 0.3 is 0 Å². The largest absolute Gasteiger partial charge is 0.336 e. The van der Waals surface area contributed by atoms with E-state index in [1.165, 1.54) is 42.2 Å². The first-order valence-electron chi connectivity index (χ1n) is 8.61.